The number of amides is 2. The molecular formula is C12H23N3O2. The summed E-state index contributed by atoms with van der Waals surface area (Å²) < 4.78 is 0. The molecule has 0 saturated carbocycles. The molecule has 1 aliphatic heterocycles. The van der Waals surface area contributed by atoms with E-state index in [9.17, 15) is 9.59 Å². The fourth-order valence-corrected chi connectivity index (χ4v) is 2.05. The van der Waals surface area contributed by atoms with E-state index in [2.05, 4.69) is 31.4 Å². The first kappa shape index (κ1) is 14.0. The van der Waals surface area contributed by atoms with Gasteiger partial charge in [-0.3, -0.25) is 9.59 Å². The lowest BCUT2D eigenvalue weighted by atomic mass is 9.84. The summed E-state index contributed by atoms with van der Waals surface area (Å²) in [4.78, 5) is 23.0. The van der Waals surface area contributed by atoms with E-state index in [0.29, 0.717) is 19.5 Å². The van der Waals surface area contributed by atoms with Crippen LogP contribution in [0, 0.1) is 11.3 Å². The summed E-state index contributed by atoms with van der Waals surface area (Å²) in [7, 11) is 0. The summed E-state index contributed by atoms with van der Waals surface area (Å²) in [5, 5.41) is 5.58. The van der Waals surface area contributed by atoms with Gasteiger partial charge in [-0.15, -0.1) is 0 Å². The number of carbonyl (C=O) groups is 2. The number of nitrogens with one attached hydrogen (secondary N) is 2. The number of hydrogen-bond acceptors (Lipinski definition) is 3. The summed E-state index contributed by atoms with van der Waals surface area (Å²) in [5.41, 5.74) is 5.71. The van der Waals surface area contributed by atoms with Crippen molar-refractivity contribution < 1.29 is 9.59 Å². The molecular weight excluding hydrogens is 218 g/mol. The SMILES string of the molecule is CC(C)(C)CC(CN)C(=O)NC1CNC(=O)C1. The molecule has 17 heavy (non-hydrogen) atoms. The third-order valence-electron chi connectivity index (χ3n) is 2.84. The van der Waals surface area contributed by atoms with Crippen molar-refractivity contribution in [3.8, 4) is 0 Å². The third-order valence-corrected chi connectivity index (χ3v) is 2.84. The average Bonchev–Trinajstić information content (AvgIpc) is 2.59. The van der Waals surface area contributed by atoms with E-state index in [-0.39, 0.29) is 29.2 Å². The molecule has 2 unspecified atom stereocenters. The van der Waals surface area contributed by atoms with E-state index in [1.165, 1.54) is 0 Å². The van der Waals surface area contributed by atoms with Gasteiger partial charge in [0.1, 0.15) is 0 Å². The maximum atomic E-state index is 12.0. The van der Waals surface area contributed by atoms with Crippen LogP contribution < -0.4 is 16.4 Å². The Kier molecular flexibility index (Phi) is 4.51. The van der Waals surface area contributed by atoms with E-state index in [0.717, 1.165) is 6.42 Å². The molecule has 1 fully saturated rings. The van der Waals surface area contributed by atoms with Gasteiger partial charge in [-0.05, 0) is 11.8 Å². The minimum absolute atomic E-state index is 0.00424. The van der Waals surface area contributed by atoms with Crippen molar-refractivity contribution in [3.63, 3.8) is 0 Å². The number of rotatable bonds is 4. The highest BCUT2D eigenvalue weighted by Crippen LogP contribution is 2.24. The third kappa shape index (κ3) is 4.73. The van der Waals surface area contributed by atoms with Gasteiger partial charge in [0.15, 0.2) is 0 Å². The molecule has 1 aliphatic rings. The molecule has 5 nitrogen and oxygen atoms in total. The van der Waals surface area contributed by atoms with Crippen LogP contribution in [0.25, 0.3) is 0 Å². The van der Waals surface area contributed by atoms with Gasteiger partial charge < -0.3 is 16.4 Å². The molecule has 2 amide bonds. The zero-order chi connectivity index (χ0) is 13.1. The summed E-state index contributed by atoms with van der Waals surface area (Å²) in [6.07, 6.45) is 1.13. The Labute approximate surface area is 103 Å². The molecule has 0 bridgehead atoms. The molecule has 4 N–H and O–H groups in total. The van der Waals surface area contributed by atoms with Crippen molar-refractivity contribution in [2.75, 3.05) is 13.1 Å². The van der Waals surface area contributed by atoms with E-state index < -0.39 is 0 Å². The number of hydrogen-bond donors (Lipinski definition) is 3. The van der Waals surface area contributed by atoms with Crippen LogP contribution in [-0.2, 0) is 9.59 Å². The minimum atomic E-state index is -0.175. The fraction of sp³-hybridized carbons (Fsp3) is 0.833. The van der Waals surface area contributed by atoms with Gasteiger partial charge in [0.25, 0.3) is 0 Å². The van der Waals surface area contributed by atoms with Crippen molar-refractivity contribution in [3.05, 3.63) is 0 Å². The Hall–Kier alpha value is -1.10. The molecule has 0 aromatic carbocycles. The topological polar surface area (TPSA) is 84.2 Å². The summed E-state index contributed by atoms with van der Waals surface area (Å²) in [5.74, 6) is -0.218. The quantitative estimate of drug-likeness (QED) is 0.648. The van der Waals surface area contributed by atoms with Crippen LogP contribution in [0.5, 0.6) is 0 Å². The molecule has 1 rings (SSSR count). The first-order valence-corrected chi connectivity index (χ1v) is 6.09. The smallest absolute Gasteiger partial charge is 0.224 e. The van der Waals surface area contributed by atoms with Gasteiger partial charge in [0, 0.05) is 19.5 Å². The van der Waals surface area contributed by atoms with E-state index in [4.69, 9.17) is 5.73 Å². The Morgan fingerprint density at radius 1 is 1.59 bits per heavy atom. The lowest BCUT2D eigenvalue weighted by Gasteiger charge is -2.25. The Balaban J connectivity index is 2.46. The van der Waals surface area contributed by atoms with Crippen molar-refractivity contribution in [1.29, 1.82) is 0 Å². The highest BCUT2D eigenvalue weighted by atomic mass is 16.2. The largest absolute Gasteiger partial charge is 0.354 e. The predicted molar refractivity (Wildman–Crippen MR) is 66.2 cm³/mol. The lowest BCUT2D eigenvalue weighted by Crippen LogP contribution is -2.43. The number of carbonyl (C=O) groups excluding carboxylic acids is 2. The van der Waals surface area contributed by atoms with Crippen molar-refractivity contribution in [1.82, 2.24) is 10.6 Å². The van der Waals surface area contributed by atoms with Crippen LogP contribution in [0.4, 0.5) is 0 Å². The highest BCUT2D eigenvalue weighted by Gasteiger charge is 2.28. The minimum Gasteiger partial charge on any atom is -0.354 e. The van der Waals surface area contributed by atoms with E-state index in [1.807, 2.05) is 0 Å². The van der Waals surface area contributed by atoms with Crippen LogP contribution >= 0.6 is 0 Å². The Bertz CT molecular complexity index is 297. The Morgan fingerprint density at radius 3 is 2.65 bits per heavy atom. The van der Waals surface area contributed by atoms with Gasteiger partial charge in [-0.1, -0.05) is 20.8 Å². The van der Waals surface area contributed by atoms with Crippen molar-refractivity contribution >= 4 is 11.8 Å². The molecule has 0 aliphatic carbocycles. The van der Waals surface area contributed by atoms with Gasteiger partial charge >= 0.3 is 0 Å². The van der Waals surface area contributed by atoms with Crippen molar-refractivity contribution in [2.24, 2.45) is 17.1 Å². The van der Waals surface area contributed by atoms with Crippen LogP contribution in [0.1, 0.15) is 33.6 Å². The van der Waals surface area contributed by atoms with Crippen LogP contribution in [0.3, 0.4) is 0 Å². The first-order chi connectivity index (χ1) is 7.81. The van der Waals surface area contributed by atoms with Crippen molar-refractivity contribution in [2.45, 2.75) is 39.7 Å². The van der Waals surface area contributed by atoms with Gasteiger partial charge in [-0.2, -0.15) is 0 Å². The zero-order valence-electron chi connectivity index (χ0n) is 10.9. The second-order valence-corrected chi connectivity index (χ2v) is 5.91. The van der Waals surface area contributed by atoms with Crippen LogP contribution in [0.2, 0.25) is 0 Å². The Morgan fingerprint density at radius 2 is 2.24 bits per heavy atom. The molecule has 0 aromatic rings. The standard InChI is InChI=1S/C12H23N3O2/c1-12(2,3)5-8(6-13)11(17)15-9-4-10(16)14-7-9/h8-9H,4-7,13H2,1-3H3,(H,14,16)(H,15,17). The van der Waals surface area contributed by atoms with Crippen LogP contribution in [0.15, 0.2) is 0 Å². The first-order valence-electron chi connectivity index (χ1n) is 6.09. The molecule has 98 valence electrons. The molecule has 2 atom stereocenters. The predicted octanol–water partition coefficient (Wildman–Crippen LogP) is 0.00220. The normalized spacial score (nSPS) is 22.1. The van der Waals surface area contributed by atoms with Gasteiger partial charge in [-0.25, -0.2) is 0 Å². The maximum absolute atomic E-state index is 12.0. The molecule has 0 aromatic heterocycles. The van der Waals surface area contributed by atoms with Gasteiger partial charge in [0.05, 0.1) is 12.0 Å². The van der Waals surface area contributed by atoms with Gasteiger partial charge in [0.2, 0.25) is 11.8 Å². The number of nitrogens with two attached hydrogens (primary N) is 1. The fourth-order valence-electron chi connectivity index (χ4n) is 2.05. The summed E-state index contributed by atoms with van der Waals surface area (Å²) >= 11 is 0. The lowest BCUT2D eigenvalue weighted by molar-refractivity contribution is -0.126. The maximum Gasteiger partial charge on any atom is 0.224 e. The van der Waals surface area contributed by atoms with E-state index >= 15 is 0 Å². The monoisotopic (exact) mass is 241 g/mol. The second kappa shape index (κ2) is 5.49. The molecule has 1 heterocycles. The molecule has 0 spiro atoms. The average molecular weight is 241 g/mol. The van der Waals surface area contributed by atoms with E-state index in [1.54, 1.807) is 0 Å². The highest BCUT2D eigenvalue weighted by molar-refractivity contribution is 5.83. The molecule has 1 saturated heterocycles. The zero-order valence-corrected chi connectivity index (χ0v) is 10.9. The molecule has 5 heteroatoms. The van der Waals surface area contributed by atoms with Crippen LogP contribution in [-0.4, -0.2) is 30.9 Å². The second-order valence-electron chi connectivity index (χ2n) is 5.91. The summed E-state index contributed by atoms with van der Waals surface area (Å²) in [6, 6.07) is -0.0796. The summed E-state index contributed by atoms with van der Waals surface area (Å²) in [6.45, 7) is 7.13. The molecule has 0 radical (unpaired) electrons.